The molecular formula is C13H12BrNO3S. The molecule has 0 atom stereocenters. The van der Waals surface area contributed by atoms with E-state index in [0.717, 1.165) is 9.37 Å². The van der Waals surface area contributed by atoms with E-state index in [4.69, 9.17) is 11.2 Å². The Labute approximate surface area is 124 Å². The number of hydrogen-bond acceptors (Lipinski definition) is 4. The highest BCUT2D eigenvalue weighted by molar-refractivity contribution is 9.10. The minimum atomic E-state index is -0.441. The van der Waals surface area contributed by atoms with Gasteiger partial charge < -0.3 is 10.1 Å². The van der Waals surface area contributed by atoms with Gasteiger partial charge in [0.2, 0.25) is 0 Å². The molecule has 1 N–H and O–H groups in total. The van der Waals surface area contributed by atoms with Gasteiger partial charge in [-0.25, -0.2) is 0 Å². The lowest BCUT2D eigenvalue weighted by Gasteiger charge is -2.04. The number of carbonyl (C=O) groups is 2. The summed E-state index contributed by atoms with van der Waals surface area (Å²) in [6.45, 7) is -0.175. The van der Waals surface area contributed by atoms with Gasteiger partial charge in [-0.3, -0.25) is 9.59 Å². The summed E-state index contributed by atoms with van der Waals surface area (Å²) in [5.74, 6) is 1.57. The number of benzene rings is 1. The first kappa shape index (κ1) is 15.6. The minimum Gasteiger partial charge on any atom is -0.455 e. The van der Waals surface area contributed by atoms with E-state index in [2.05, 4.69) is 27.2 Å². The van der Waals surface area contributed by atoms with E-state index in [0.29, 0.717) is 0 Å². The summed E-state index contributed by atoms with van der Waals surface area (Å²) in [7, 11) is 0. The molecule has 1 aromatic rings. The molecule has 4 nitrogen and oxygen atoms in total. The maximum atomic E-state index is 11.4. The van der Waals surface area contributed by atoms with E-state index < -0.39 is 11.9 Å². The second-order valence-corrected chi connectivity index (χ2v) is 5.35. The zero-order valence-corrected chi connectivity index (χ0v) is 12.4. The van der Waals surface area contributed by atoms with Crippen LogP contribution in [-0.2, 0) is 14.3 Å². The minimum absolute atomic E-state index is 0.129. The van der Waals surface area contributed by atoms with Crippen LogP contribution in [0.15, 0.2) is 33.6 Å². The number of thioether (sulfide) groups is 1. The topological polar surface area (TPSA) is 55.4 Å². The van der Waals surface area contributed by atoms with Crippen LogP contribution in [0.2, 0.25) is 0 Å². The molecule has 0 aliphatic rings. The number of rotatable bonds is 6. The second-order valence-electron chi connectivity index (χ2n) is 3.38. The Hall–Kier alpha value is -1.45. The van der Waals surface area contributed by atoms with Crippen molar-refractivity contribution in [2.45, 2.75) is 4.90 Å². The molecule has 0 aliphatic heterocycles. The third-order valence-corrected chi connectivity index (χ3v) is 3.44. The van der Waals surface area contributed by atoms with E-state index in [-0.39, 0.29) is 18.9 Å². The Morgan fingerprint density at radius 3 is 2.68 bits per heavy atom. The first-order chi connectivity index (χ1) is 9.11. The smallest absolute Gasteiger partial charge is 0.316 e. The van der Waals surface area contributed by atoms with Crippen molar-refractivity contribution < 1.29 is 14.3 Å². The van der Waals surface area contributed by atoms with Gasteiger partial charge in [0.15, 0.2) is 6.61 Å². The van der Waals surface area contributed by atoms with Crippen LogP contribution < -0.4 is 5.32 Å². The van der Waals surface area contributed by atoms with Gasteiger partial charge in [-0.15, -0.1) is 18.2 Å². The van der Waals surface area contributed by atoms with Crippen LogP contribution in [0, 0.1) is 12.3 Å². The second kappa shape index (κ2) is 8.62. The molecule has 0 unspecified atom stereocenters. The van der Waals surface area contributed by atoms with Crippen molar-refractivity contribution >= 4 is 39.6 Å². The number of nitrogens with one attached hydrogen (secondary N) is 1. The zero-order valence-electron chi connectivity index (χ0n) is 10.0. The fraction of sp³-hybridized carbons (Fsp3) is 0.231. The highest BCUT2D eigenvalue weighted by Gasteiger charge is 2.07. The van der Waals surface area contributed by atoms with Crippen LogP contribution in [-0.4, -0.2) is 30.8 Å². The number of carbonyl (C=O) groups excluding carboxylic acids is 2. The number of amides is 1. The molecule has 6 heteroatoms. The normalized spacial score (nSPS) is 9.47. The van der Waals surface area contributed by atoms with E-state index in [1.165, 1.54) is 11.8 Å². The molecule has 0 saturated heterocycles. The van der Waals surface area contributed by atoms with Gasteiger partial charge in [0.05, 0.1) is 12.3 Å². The third-order valence-electron chi connectivity index (χ3n) is 1.92. The largest absolute Gasteiger partial charge is 0.455 e. The third kappa shape index (κ3) is 6.89. The molecule has 1 amide bonds. The van der Waals surface area contributed by atoms with Crippen LogP contribution in [0.4, 0.5) is 0 Å². The van der Waals surface area contributed by atoms with Crippen molar-refractivity contribution in [2.24, 2.45) is 0 Å². The lowest BCUT2D eigenvalue weighted by molar-refractivity contribution is -0.145. The molecule has 0 spiro atoms. The first-order valence-electron chi connectivity index (χ1n) is 5.36. The molecule has 0 saturated carbocycles. The van der Waals surface area contributed by atoms with Gasteiger partial charge in [0.1, 0.15) is 0 Å². The lowest BCUT2D eigenvalue weighted by Crippen LogP contribution is -2.29. The van der Waals surface area contributed by atoms with Crippen molar-refractivity contribution in [3.05, 3.63) is 28.7 Å². The summed E-state index contributed by atoms with van der Waals surface area (Å²) >= 11 is 4.67. The summed E-state index contributed by atoms with van der Waals surface area (Å²) in [4.78, 5) is 23.5. The molecule has 0 fully saturated rings. The average Bonchev–Trinajstić information content (AvgIpc) is 2.42. The highest BCUT2D eigenvalue weighted by atomic mass is 79.9. The van der Waals surface area contributed by atoms with Crippen LogP contribution in [0.5, 0.6) is 0 Å². The Balaban J connectivity index is 2.23. The van der Waals surface area contributed by atoms with Crippen LogP contribution in [0.1, 0.15) is 0 Å². The van der Waals surface area contributed by atoms with E-state index in [1.54, 1.807) is 0 Å². The van der Waals surface area contributed by atoms with Crippen LogP contribution in [0.3, 0.4) is 0 Å². The fourth-order valence-corrected chi connectivity index (χ4v) is 2.02. The Morgan fingerprint density at radius 2 is 2.05 bits per heavy atom. The molecular weight excluding hydrogens is 330 g/mol. The quantitative estimate of drug-likeness (QED) is 0.487. The number of halogens is 1. The molecule has 0 heterocycles. The van der Waals surface area contributed by atoms with E-state index in [9.17, 15) is 9.59 Å². The molecule has 0 aliphatic carbocycles. The summed E-state index contributed by atoms with van der Waals surface area (Å²) in [6, 6.07) is 7.56. The maximum absolute atomic E-state index is 11.4. The maximum Gasteiger partial charge on any atom is 0.316 e. The Morgan fingerprint density at radius 1 is 1.37 bits per heavy atom. The molecule has 19 heavy (non-hydrogen) atoms. The average molecular weight is 342 g/mol. The van der Waals surface area contributed by atoms with Gasteiger partial charge >= 0.3 is 5.97 Å². The van der Waals surface area contributed by atoms with Gasteiger partial charge in [-0.2, -0.15) is 0 Å². The first-order valence-corrected chi connectivity index (χ1v) is 7.14. The fourth-order valence-electron chi connectivity index (χ4n) is 1.06. The standard InChI is InChI=1S/C13H12BrNO3S/c1-2-7-15-12(16)8-18-13(17)9-19-11-5-3-10(14)4-6-11/h1,3-6H,7-9H2,(H,15,16). The number of hydrogen-bond donors (Lipinski definition) is 1. The summed E-state index contributed by atoms with van der Waals surface area (Å²) in [5, 5.41) is 2.40. The predicted molar refractivity (Wildman–Crippen MR) is 77.7 cm³/mol. The molecule has 0 bridgehead atoms. The van der Waals surface area contributed by atoms with Crippen molar-refractivity contribution in [2.75, 3.05) is 18.9 Å². The van der Waals surface area contributed by atoms with Gasteiger partial charge in [0, 0.05) is 9.37 Å². The number of esters is 1. The Bertz CT molecular complexity index is 482. The number of ether oxygens (including phenoxy) is 1. The zero-order chi connectivity index (χ0) is 14.1. The summed E-state index contributed by atoms with van der Waals surface area (Å²) < 4.78 is 5.77. The lowest BCUT2D eigenvalue weighted by atomic mass is 10.4. The summed E-state index contributed by atoms with van der Waals surface area (Å²) in [6.07, 6.45) is 4.98. The Kier molecular flexibility index (Phi) is 7.08. The molecule has 1 aromatic carbocycles. The van der Waals surface area contributed by atoms with Gasteiger partial charge in [-0.1, -0.05) is 21.9 Å². The number of terminal acetylenes is 1. The van der Waals surface area contributed by atoms with Crippen molar-refractivity contribution in [3.63, 3.8) is 0 Å². The molecule has 0 aromatic heterocycles. The van der Waals surface area contributed by atoms with Crippen molar-refractivity contribution in [1.82, 2.24) is 5.32 Å². The SMILES string of the molecule is C#CCNC(=O)COC(=O)CSc1ccc(Br)cc1. The summed E-state index contributed by atoms with van der Waals surface area (Å²) in [5.41, 5.74) is 0. The van der Waals surface area contributed by atoms with Gasteiger partial charge in [-0.05, 0) is 24.3 Å². The monoisotopic (exact) mass is 341 g/mol. The predicted octanol–water partition coefficient (Wildman–Crippen LogP) is 1.83. The molecule has 1 rings (SSSR count). The van der Waals surface area contributed by atoms with Crippen molar-refractivity contribution in [1.29, 1.82) is 0 Å². The van der Waals surface area contributed by atoms with Gasteiger partial charge in [0.25, 0.3) is 5.91 Å². The van der Waals surface area contributed by atoms with E-state index in [1.807, 2.05) is 24.3 Å². The van der Waals surface area contributed by atoms with Crippen LogP contribution >= 0.6 is 27.7 Å². The van der Waals surface area contributed by atoms with Crippen molar-refractivity contribution in [3.8, 4) is 12.3 Å². The molecule has 100 valence electrons. The molecule has 0 radical (unpaired) electrons. The highest BCUT2D eigenvalue weighted by Crippen LogP contribution is 2.20. The van der Waals surface area contributed by atoms with E-state index >= 15 is 0 Å². The van der Waals surface area contributed by atoms with Crippen LogP contribution in [0.25, 0.3) is 0 Å².